The molecular formula is C28H34Cl2FN5O5. The Bertz CT molecular complexity index is 1330. The molecule has 2 N–H and O–H groups in total. The number of aromatic nitrogens is 2. The van der Waals surface area contributed by atoms with Crippen LogP contribution in [0.25, 0.3) is 10.9 Å². The first-order valence-electron chi connectivity index (χ1n) is 13.0. The molecule has 0 aliphatic heterocycles. The van der Waals surface area contributed by atoms with Crippen molar-refractivity contribution in [3.63, 3.8) is 0 Å². The normalized spacial score (nSPS) is 11.5. The van der Waals surface area contributed by atoms with Crippen LogP contribution in [0, 0.1) is 5.82 Å². The molecule has 0 spiro atoms. The summed E-state index contributed by atoms with van der Waals surface area (Å²) < 4.78 is 36.7. The van der Waals surface area contributed by atoms with Crippen molar-refractivity contribution in [3.05, 3.63) is 58.6 Å². The molecule has 1 aromatic heterocycles. The fourth-order valence-electron chi connectivity index (χ4n) is 3.49. The van der Waals surface area contributed by atoms with E-state index in [0.29, 0.717) is 74.3 Å². The monoisotopic (exact) mass is 609 g/mol. The molecule has 3 aromatic rings. The topological polar surface area (TPSA) is 107 Å². The molecule has 1 amide bonds. The summed E-state index contributed by atoms with van der Waals surface area (Å²) in [5.41, 5.74) is 0.961. The van der Waals surface area contributed by atoms with Gasteiger partial charge >= 0.3 is 0 Å². The highest BCUT2D eigenvalue weighted by Crippen LogP contribution is 2.35. The van der Waals surface area contributed by atoms with Gasteiger partial charge < -0.3 is 34.5 Å². The Morgan fingerprint density at radius 1 is 0.951 bits per heavy atom. The molecule has 3 rings (SSSR count). The van der Waals surface area contributed by atoms with Crippen LogP contribution < -0.4 is 15.4 Å². The second-order valence-corrected chi connectivity index (χ2v) is 9.70. The van der Waals surface area contributed by atoms with E-state index in [-0.39, 0.29) is 28.2 Å². The van der Waals surface area contributed by atoms with Gasteiger partial charge in [-0.15, -0.1) is 0 Å². The molecule has 1 heterocycles. The van der Waals surface area contributed by atoms with Crippen molar-refractivity contribution in [1.29, 1.82) is 0 Å². The standard InChI is InChI=1S/C28H34Cl2FN5O5/c1-4-38-8-9-39-10-11-40-12-13-41-26-17-23-19(14-25(26)34-27(37)6-5-7-36(2)3)28(33-18-32-23)35-24-16-21(30)20(29)15-22(24)31/h5-6,14-18H,4,7-13H2,1-3H3,(H,34,37)(H,32,33,35). The summed E-state index contributed by atoms with van der Waals surface area (Å²) in [7, 11) is 3.80. The zero-order valence-electron chi connectivity index (χ0n) is 23.2. The van der Waals surface area contributed by atoms with Crippen LogP contribution in [-0.2, 0) is 19.0 Å². The molecule has 0 aliphatic carbocycles. The fraction of sp³-hybridized carbons (Fsp3) is 0.393. The van der Waals surface area contributed by atoms with Crippen LogP contribution in [0.1, 0.15) is 6.92 Å². The number of nitrogens with zero attached hydrogens (tertiary/aromatic N) is 3. The molecule has 222 valence electrons. The van der Waals surface area contributed by atoms with Crippen LogP contribution in [0.4, 0.5) is 21.6 Å². The van der Waals surface area contributed by atoms with Gasteiger partial charge in [0.2, 0.25) is 5.91 Å². The lowest BCUT2D eigenvalue weighted by Gasteiger charge is -2.15. The number of hydrogen-bond acceptors (Lipinski definition) is 9. The smallest absolute Gasteiger partial charge is 0.248 e. The molecule has 0 unspecified atom stereocenters. The third-order valence-corrected chi connectivity index (χ3v) is 6.15. The van der Waals surface area contributed by atoms with Crippen LogP contribution in [0.15, 0.2) is 42.7 Å². The number of carbonyl (C=O) groups excluding carboxylic acids is 1. The quantitative estimate of drug-likeness (QED) is 0.119. The average molecular weight is 611 g/mol. The predicted molar refractivity (Wildman–Crippen MR) is 159 cm³/mol. The summed E-state index contributed by atoms with van der Waals surface area (Å²) in [4.78, 5) is 23.2. The van der Waals surface area contributed by atoms with Crippen molar-refractivity contribution in [2.75, 3.05) is 77.5 Å². The summed E-state index contributed by atoms with van der Waals surface area (Å²) in [6.45, 7) is 5.59. The number of hydrogen-bond donors (Lipinski definition) is 2. The van der Waals surface area contributed by atoms with Gasteiger partial charge in [0.15, 0.2) is 0 Å². The third-order valence-electron chi connectivity index (χ3n) is 5.43. The molecule has 0 bridgehead atoms. The van der Waals surface area contributed by atoms with Crippen molar-refractivity contribution in [3.8, 4) is 5.75 Å². The summed E-state index contributed by atoms with van der Waals surface area (Å²) in [6.07, 6.45) is 4.51. The number of likely N-dealkylation sites (N-methyl/N-ethyl adjacent to an activating group) is 1. The minimum Gasteiger partial charge on any atom is -0.489 e. The number of nitrogens with one attached hydrogen (secondary N) is 2. The molecule has 0 aliphatic rings. The Balaban J connectivity index is 1.77. The zero-order chi connectivity index (χ0) is 29.6. The molecule has 2 aromatic carbocycles. The highest BCUT2D eigenvalue weighted by Gasteiger charge is 2.15. The Labute approximate surface area is 248 Å². The van der Waals surface area contributed by atoms with Gasteiger partial charge in [-0.2, -0.15) is 0 Å². The minimum atomic E-state index is -0.606. The molecule has 0 fully saturated rings. The molecule has 0 saturated heterocycles. The number of anilines is 3. The van der Waals surface area contributed by atoms with Crippen molar-refractivity contribution in [2.24, 2.45) is 0 Å². The lowest BCUT2D eigenvalue weighted by Crippen LogP contribution is -2.15. The SMILES string of the molecule is CCOCCOCCOCCOc1cc2ncnc(Nc3cc(Cl)c(Cl)cc3F)c2cc1NC(=O)C=CCN(C)C. The Morgan fingerprint density at radius 2 is 1.63 bits per heavy atom. The van der Waals surface area contributed by atoms with Gasteiger partial charge in [0.1, 0.15) is 30.3 Å². The Morgan fingerprint density at radius 3 is 2.34 bits per heavy atom. The third kappa shape index (κ3) is 10.7. The molecule has 0 atom stereocenters. The number of carbonyl (C=O) groups is 1. The molecule has 10 nitrogen and oxygen atoms in total. The molecule has 0 saturated carbocycles. The fourth-order valence-corrected chi connectivity index (χ4v) is 3.80. The summed E-state index contributed by atoms with van der Waals surface area (Å²) in [5, 5.41) is 6.57. The number of halogens is 3. The van der Waals surface area contributed by atoms with E-state index in [0.717, 1.165) is 6.07 Å². The molecule has 0 radical (unpaired) electrons. The molecular weight excluding hydrogens is 576 g/mol. The number of fused-ring (bicyclic) bond motifs is 1. The lowest BCUT2D eigenvalue weighted by atomic mass is 10.1. The highest BCUT2D eigenvalue weighted by atomic mass is 35.5. The second kappa shape index (κ2) is 17.0. The van der Waals surface area contributed by atoms with Gasteiger partial charge in [-0.3, -0.25) is 4.79 Å². The van der Waals surface area contributed by atoms with Crippen LogP contribution in [-0.4, -0.2) is 87.7 Å². The van der Waals surface area contributed by atoms with E-state index < -0.39 is 5.82 Å². The van der Waals surface area contributed by atoms with Crippen molar-refractivity contribution < 1.29 is 28.1 Å². The zero-order valence-corrected chi connectivity index (χ0v) is 24.7. The summed E-state index contributed by atoms with van der Waals surface area (Å²) >= 11 is 12.0. The number of rotatable bonds is 17. The number of ether oxygens (including phenoxy) is 4. The van der Waals surface area contributed by atoms with Gasteiger partial charge in [0.25, 0.3) is 0 Å². The maximum absolute atomic E-state index is 14.6. The van der Waals surface area contributed by atoms with E-state index in [4.69, 9.17) is 42.1 Å². The van der Waals surface area contributed by atoms with Gasteiger partial charge in [-0.05, 0) is 39.2 Å². The largest absolute Gasteiger partial charge is 0.489 e. The average Bonchev–Trinajstić information content (AvgIpc) is 2.93. The minimum absolute atomic E-state index is 0.0796. The first-order valence-corrected chi connectivity index (χ1v) is 13.7. The van der Waals surface area contributed by atoms with Crippen molar-refractivity contribution in [1.82, 2.24) is 14.9 Å². The van der Waals surface area contributed by atoms with E-state index in [1.54, 1.807) is 18.2 Å². The van der Waals surface area contributed by atoms with E-state index in [9.17, 15) is 9.18 Å². The van der Waals surface area contributed by atoms with E-state index >= 15 is 0 Å². The molecule has 41 heavy (non-hydrogen) atoms. The first-order chi connectivity index (χ1) is 19.8. The van der Waals surface area contributed by atoms with Crippen LogP contribution >= 0.6 is 23.2 Å². The van der Waals surface area contributed by atoms with E-state index in [1.807, 2.05) is 25.9 Å². The molecule has 13 heteroatoms. The lowest BCUT2D eigenvalue weighted by molar-refractivity contribution is -0.111. The Kier molecular flexibility index (Phi) is 13.5. The second-order valence-electron chi connectivity index (χ2n) is 8.88. The Hall–Kier alpha value is -3.06. The summed E-state index contributed by atoms with van der Waals surface area (Å²) in [6, 6.07) is 5.81. The van der Waals surface area contributed by atoms with Crippen LogP contribution in [0.2, 0.25) is 10.0 Å². The van der Waals surface area contributed by atoms with Crippen LogP contribution in [0.3, 0.4) is 0 Å². The highest BCUT2D eigenvalue weighted by molar-refractivity contribution is 6.42. The van der Waals surface area contributed by atoms with Crippen LogP contribution in [0.5, 0.6) is 5.75 Å². The predicted octanol–water partition coefficient (Wildman–Crippen LogP) is 5.32. The van der Waals surface area contributed by atoms with Gasteiger partial charge in [0.05, 0.1) is 60.0 Å². The van der Waals surface area contributed by atoms with Crippen molar-refractivity contribution in [2.45, 2.75) is 6.92 Å². The van der Waals surface area contributed by atoms with E-state index in [2.05, 4.69) is 20.6 Å². The number of amides is 1. The number of benzene rings is 2. The first kappa shape index (κ1) is 32.5. The van der Waals surface area contributed by atoms with Crippen molar-refractivity contribution >= 4 is 57.2 Å². The van der Waals surface area contributed by atoms with Gasteiger partial charge in [0, 0.05) is 30.7 Å². The maximum atomic E-state index is 14.6. The van der Waals surface area contributed by atoms with E-state index in [1.165, 1.54) is 18.5 Å². The van der Waals surface area contributed by atoms with Gasteiger partial charge in [-0.25, -0.2) is 14.4 Å². The summed E-state index contributed by atoms with van der Waals surface area (Å²) in [5.74, 6) is -0.275. The van der Waals surface area contributed by atoms with Gasteiger partial charge in [-0.1, -0.05) is 29.3 Å². The maximum Gasteiger partial charge on any atom is 0.248 e.